The molecule has 0 unspecified atom stereocenters. The number of benzene rings is 1. The van der Waals surface area contributed by atoms with Crippen LogP contribution >= 0.6 is 11.6 Å². The first kappa shape index (κ1) is 11.6. The molecule has 88 valence electrons. The van der Waals surface area contributed by atoms with Crippen molar-refractivity contribution in [2.75, 3.05) is 13.4 Å². The van der Waals surface area contributed by atoms with Crippen molar-refractivity contribution in [3.8, 4) is 11.5 Å². The summed E-state index contributed by atoms with van der Waals surface area (Å²) in [5, 5.41) is 9.61. The Morgan fingerprint density at radius 3 is 2.69 bits per heavy atom. The predicted molar refractivity (Wildman–Crippen MR) is 62.5 cm³/mol. The van der Waals surface area contributed by atoms with Gasteiger partial charge in [0.2, 0.25) is 6.79 Å². The summed E-state index contributed by atoms with van der Waals surface area (Å²) < 4.78 is 10.8. The van der Waals surface area contributed by atoms with Crippen LogP contribution in [-0.4, -0.2) is 18.5 Å². The van der Waals surface area contributed by atoms with Gasteiger partial charge in [0.1, 0.15) is 0 Å². The maximum atomic E-state index is 9.05. The largest absolute Gasteiger partial charge is 0.453 e. The molecule has 0 radical (unpaired) electrons. The lowest BCUT2D eigenvalue weighted by molar-refractivity contribution is 0.173. The van der Waals surface area contributed by atoms with Crippen LogP contribution in [0, 0.1) is 0 Å². The summed E-state index contributed by atoms with van der Waals surface area (Å²) in [4.78, 5) is 0. The summed E-state index contributed by atoms with van der Waals surface area (Å²) in [5.41, 5.74) is 2.12. The van der Waals surface area contributed by atoms with Gasteiger partial charge < -0.3 is 14.6 Å². The molecule has 1 heterocycles. The van der Waals surface area contributed by atoms with E-state index in [0.717, 1.165) is 16.9 Å². The fourth-order valence-corrected chi connectivity index (χ4v) is 2.33. The highest BCUT2D eigenvalue weighted by atomic mass is 35.5. The van der Waals surface area contributed by atoms with Gasteiger partial charge in [-0.1, -0.05) is 25.4 Å². The van der Waals surface area contributed by atoms with E-state index in [-0.39, 0.29) is 13.4 Å². The Bertz CT molecular complexity index is 402. The normalized spacial score (nSPS) is 13.6. The van der Waals surface area contributed by atoms with Crippen molar-refractivity contribution < 1.29 is 14.6 Å². The first-order chi connectivity index (χ1) is 7.65. The van der Waals surface area contributed by atoms with E-state index in [1.54, 1.807) is 0 Å². The smallest absolute Gasteiger partial charge is 0.231 e. The number of rotatable bonds is 3. The van der Waals surface area contributed by atoms with Crippen molar-refractivity contribution in [3.05, 3.63) is 22.2 Å². The number of hydrogen-bond acceptors (Lipinski definition) is 3. The molecule has 2 rings (SSSR count). The van der Waals surface area contributed by atoms with Gasteiger partial charge in [-0.15, -0.1) is 0 Å². The zero-order chi connectivity index (χ0) is 11.7. The molecule has 0 aliphatic carbocycles. The second-order valence-corrected chi connectivity index (χ2v) is 4.53. The first-order valence-corrected chi connectivity index (χ1v) is 5.74. The number of hydrogen-bond donors (Lipinski definition) is 1. The van der Waals surface area contributed by atoms with Crippen molar-refractivity contribution in [2.45, 2.75) is 26.2 Å². The molecule has 1 aliphatic heterocycles. The number of aliphatic hydroxyl groups excluding tert-OH is 1. The zero-order valence-electron chi connectivity index (χ0n) is 9.42. The van der Waals surface area contributed by atoms with Crippen LogP contribution in [-0.2, 0) is 6.42 Å². The molecular weight excluding hydrogens is 228 g/mol. The second-order valence-electron chi connectivity index (χ2n) is 4.12. The van der Waals surface area contributed by atoms with E-state index in [2.05, 4.69) is 13.8 Å². The van der Waals surface area contributed by atoms with Crippen LogP contribution in [0.1, 0.15) is 30.9 Å². The van der Waals surface area contributed by atoms with Gasteiger partial charge in [0.15, 0.2) is 11.5 Å². The highest BCUT2D eigenvalue weighted by Gasteiger charge is 2.25. The van der Waals surface area contributed by atoms with Gasteiger partial charge in [-0.3, -0.25) is 0 Å². The molecule has 0 bridgehead atoms. The number of fused-ring (bicyclic) bond motifs is 1. The Kier molecular flexibility index (Phi) is 3.26. The molecule has 1 N–H and O–H groups in total. The van der Waals surface area contributed by atoms with E-state index < -0.39 is 0 Å². The van der Waals surface area contributed by atoms with Crippen LogP contribution in [0.2, 0.25) is 5.02 Å². The third-order valence-corrected chi connectivity index (χ3v) is 2.96. The molecule has 0 spiro atoms. The van der Waals surface area contributed by atoms with Gasteiger partial charge in [0.05, 0.1) is 5.02 Å². The van der Waals surface area contributed by atoms with Gasteiger partial charge in [-0.25, -0.2) is 0 Å². The fourth-order valence-electron chi connectivity index (χ4n) is 2.06. The van der Waals surface area contributed by atoms with Gasteiger partial charge in [-0.05, 0) is 24.0 Å². The van der Waals surface area contributed by atoms with Crippen molar-refractivity contribution in [2.24, 2.45) is 0 Å². The standard InChI is InChI=1S/C12H15ClO3/c1-7(2)10-8(3-4-14)5-9(13)11-12(10)16-6-15-11/h5,7,14H,3-4,6H2,1-2H3. The Hall–Kier alpha value is -0.930. The average molecular weight is 243 g/mol. The summed E-state index contributed by atoms with van der Waals surface area (Å²) in [6.07, 6.45) is 0.587. The van der Waals surface area contributed by atoms with Gasteiger partial charge >= 0.3 is 0 Å². The molecule has 16 heavy (non-hydrogen) atoms. The molecule has 0 aromatic heterocycles. The van der Waals surface area contributed by atoms with E-state index in [9.17, 15) is 0 Å². The van der Waals surface area contributed by atoms with Crippen LogP contribution in [0.4, 0.5) is 0 Å². The van der Waals surface area contributed by atoms with Crippen molar-refractivity contribution >= 4 is 11.6 Å². The van der Waals surface area contributed by atoms with E-state index in [0.29, 0.717) is 23.1 Å². The van der Waals surface area contributed by atoms with Crippen molar-refractivity contribution in [1.29, 1.82) is 0 Å². The molecule has 0 saturated heterocycles. The Morgan fingerprint density at radius 2 is 2.06 bits per heavy atom. The number of halogens is 1. The van der Waals surface area contributed by atoms with Crippen LogP contribution in [0.25, 0.3) is 0 Å². The molecule has 1 aromatic rings. The fraction of sp³-hybridized carbons (Fsp3) is 0.500. The Balaban J connectivity index is 2.57. The lowest BCUT2D eigenvalue weighted by atomic mass is 9.94. The van der Waals surface area contributed by atoms with Crippen molar-refractivity contribution in [3.63, 3.8) is 0 Å². The van der Waals surface area contributed by atoms with E-state index >= 15 is 0 Å². The first-order valence-electron chi connectivity index (χ1n) is 5.37. The maximum absolute atomic E-state index is 9.05. The van der Waals surface area contributed by atoms with Crippen LogP contribution in [0.15, 0.2) is 6.07 Å². The van der Waals surface area contributed by atoms with E-state index in [1.165, 1.54) is 0 Å². The van der Waals surface area contributed by atoms with Gasteiger partial charge in [-0.2, -0.15) is 0 Å². The summed E-state index contributed by atoms with van der Waals surface area (Å²) in [7, 11) is 0. The minimum atomic E-state index is 0.107. The molecule has 1 aromatic carbocycles. The monoisotopic (exact) mass is 242 g/mol. The maximum Gasteiger partial charge on any atom is 0.231 e. The molecule has 0 atom stereocenters. The van der Waals surface area contributed by atoms with E-state index in [4.69, 9.17) is 26.2 Å². The minimum absolute atomic E-state index is 0.107. The zero-order valence-corrected chi connectivity index (χ0v) is 10.2. The van der Waals surface area contributed by atoms with Gasteiger partial charge in [0, 0.05) is 12.2 Å². The Morgan fingerprint density at radius 1 is 1.38 bits per heavy atom. The van der Waals surface area contributed by atoms with E-state index in [1.807, 2.05) is 6.07 Å². The molecule has 0 fully saturated rings. The second kappa shape index (κ2) is 4.52. The van der Waals surface area contributed by atoms with Crippen molar-refractivity contribution in [1.82, 2.24) is 0 Å². The predicted octanol–water partition coefficient (Wildman–Crippen LogP) is 2.73. The Labute approximate surface area is 99.9 Å². The van der Waals surface area contributed by atoms with Crippen LogP contribution in [0.5, 0.6) is 11.5 Å². The van der Waals surface area contributed by atoms with Crippen LogP contribution in [0.3, 0.4) is 0 Å². The third kappa shape index (κ3) is 1.85. The lowest BCUT2D eigenvalue weighted by Gasteiger charge is -2.15. The highest BCUT2D eigenvalue weighted by Crippen LogP contribution is 2.46. The molecule has 3 nitrogen and oxygen atoms in total. The molecule has 4 heteroatoms. The molecular formula is C12H15ClO3. The molecule has 0 amide bonds. The topological polar surface area (TPSA) is 38.7 Å². The molecule has 1 aliphatic rings. The minimum Gasteiger partial charge on any atom is -0.453 e. The quantitative estimate of drug-likeness (QED) is 0.886. The molecule has 0 saturated carbocycles. The van der Waals surface area contributed by atoms with Gasteiger partial charge in [0.25, 0.3) is 0 Å². The van der Waals surface area contributed by atoms with Crippen LogP contribution < -0.4 is 9.47 Å². The highest BCUT2D eigenvalue weighted by molar-refractivity contribution is 6.32. The average Bonchev–Trinajstić information content (AvgIpc) is 2.66. The summed E-state index contributed by atoms with van der Waals surface area (Å²) in [5.74, 6) is 1.69. The summed E-state index contributed by atoms with van der Waals surface area (Å²) in [6.45, 7) is 4.51. The summed E-state index contributed by atoms with van der Waals surface area (Å²) in [6, 6.07) is 1.86. The SMILES string of the molecule is CC(C)c1c(CCO)cc(Cl)c2c1OCO2. The number of ether oxygens (including phenoxy) is 2. The summed E-state index contributed by atoms with van der Waals surface area (Å²) >= 11 is 6.10. The lowest BCUT2D eigenvalue weighted by Crippen LogP contribution is -2.01. The third-order valence-electron chi connectivity index (χ3n) is 2.68. The number of aliphatic hydroxyl groups is 1.